The number of aliphatic hydroxyl groups is 2. The summed E-state index contributed by atoms with van der Waals surface area (Å²) in [5, 5.41) is 18.1. The van der Waals surface area contributed by atoms with Gasteiger partial charge in [0.05, 0.1) is 18.9 Å². The van der Waals surface area contributed by atoms with Crippen molar-refractivity contribution in [2.45, 2.75) is 13.8 Å². The molecular formula is C10H15N2O3. The molecule has 0 saturated heterocycles. The molecule has 2 N–H and O–H groups in total. The Labute approximate surface area is 88.8 Å². The predicted molar refractivity (Wildman–Crippen MR) is 53.4 cm³/mol. The van der Waals surface area contributed by atoms with E-state index in [2.05, 4.69) is 16.0 Å². The third kappa shape index (κ3) is 3.45. The highest BCUT2D eigenvalue weighted by Crippen LogP contribution is 2.15. The van der Waals surface area contributed by atoms with Gasteiger partial charge >= 0.3 is 6.01 Å². The van der Waals surface area contributed by atoms with Gasteiger partial charge < -0.3 is 14.9 Å². The lowest BCUT2D eigenvalue weighted by Gasteiger charge is -2.23. The molecule has 15 heavy (non-hydrogen) atoms. The van der Waals surface area contributed by atoms with Crippen LogP contribution in [0.3, 0.4) is 0 Å². The Bertz CT molecular complexity index is 313. The first-order chi connectivity index (χ1) is 7.09. The maximum atomic E-state index is 9.03. The van der Waals surface area contributed by atoms with E-state index in [0.717, 1.165) is 0 Å². The number of hydrogen-bond donors (Lipinski definition) is 2. The molecule has 1 aromatic rings. The second-order valence-corrected chi connectivity index (χ2v) is 3.80. The highest BCUT2D eigenvalue weighted by Gasteiger charge is 2.23. The van der Waals surface area contributed by atoms with Gasteiger partial charge in [0.15, 0.2) is 0 Å². The minimum absolute atomic E-state index is 0.151. The molecule has 0 bridgehead atoms. The fraction of sp³-hybridized carbons (Fsp3) is 0.600. The van der Waals surface area contributed by atoms with E-state index in [-0.39, 0.29) is 25.8 Å². The maximum Gasteiger partial charge on any atom is 0.316 e. The van der Waals surface area contributed by atoms with Crippen molar-refractivity contribution in [3.63, 3.8) is 0 Å². The van der Waals surface area contributed by atoms with E-state index in [9.17, 15) is 0 Å². The number of aromatic nitrogens is 2. The summed E-state index contributed by atoms with van der Waals surface area (Å²) in [7, 11) is 0. The molecule has 83 valence electrons. The van der Waals surface area contributed by atoms with Crippen molar-refractivity contribution in [3.05, 3.63) is 18.0 Å². The van der Waals surface area contributed by atoms with Crippen LogP contribution in [0.1, 0.15) is 12.6 Å². The number of aryl methyl sites for hydroxylation is 1. The number of ether oxygens (including phenoxy) is 1. The second-order valence-electron chi connectivity index (χ2n) is 3.80. The van der Waals surface area contributed by atoms with Crippen LogP contribution in [-0.2, 0) is 0 Å². The molecule has 0 saturated carbocycles. The highest BCUT2D eigenvalue weighted by molar-refractivity contribution is 5.01. The summed E-state index contributed by atoms with van der Waals surface area (Å²) in [5.74, 6) is 0. The van der Waals surface area contributed by atoms with E-state index in [1.54, 1.807) is 13.8 Å². The average molecular weight is 211 g/mol. The molecule has 1 rings (SSSR count). The van der Waals surface area contributed by atoms with Crippen molar-refractivity contribution in [2.24, 2.45) is 5.41 Å². The van der Waals surface area contributed by atoms with Gasteiger partial charge in [-0.25, -0.2) is 4.98 Å². The van der Waals surface area contributed by atoms with Gasteiger partial charge in [-0.1, -0.05) is 6.92 Å². The van der Waals surface area contributed by atoms with E-state index < -0.39 is 5.41 Å². The van der Waals surface area contributed by atoms with Crippen LogP contribution >= 0.6 is 0 Å². The average Bonchev–Trinajstić information content (AvgIpc) is 2.26. The summed E-state index contributed by atoms with van der Waals surface area (Å²) in [6.07, 6.45) is 1.48. The third-order valence-corrected chi connectivity index (χ3v) is 2.02. The van der Waals surface area contributed by atoms with E-state index in [1.165, 1.54) is 6.20 Å². The number of hydrogen-bond acceptors (Lipinski definition) is 5. The van der Waals surface area contributed by atoms with Crippen molar-refractivity contribution in [2.75, 3.05) is 19.8 Å². The Kier molecular flexibility index (Phi) is 3.99. The molecule has 0 aliphatic rings. The van der Waals surface area contributed by atoms with Gasteiger partial charge in [-0.2, -0.15) is 4.98 Å². The van der Waals surface area contributed by atoms with E-state index in [1.807, 2.05) is 0 Å². The monoisotopic (exact) mass is 211 g/mol. The normalized spacial score (nSPS) is 11.5. The summed E-state index contributed by atoms with van der Waals surface area (Å²) in [5.41, 5.74) is 0.0197. The Hall–Kier alpha value is -1.20. The molecule has 0 atom stereocenters. The maximum absolute atomic E-state index is 9.03. The Morgan fingerprint density at radius 2 is 2.13 bits per heavy atom. The van der Waals surface area contributed by atoms with Crippen molar-refractivity contribution in [1.82, 2.24) is 9.97 Å². The lowest BCUT2D eigenvalue weighted by Crippen LogP contribution is -2.33. The van der Waals surface area contributed by atoms with Gasteiger partial charge in [-0.15, -0.1) is 0 Å². The molecule has 0 aliphatic carbocycles. The van der Waals surface area contributed by atoms with Crippen LogP contribution in [0, 0.1) is 18.4 Å². The molecule has 0 amide bonds. The molecule has 0 fully saturated rings. The summed E-state index contributed by atoms with van der Waals surface area (Å²) in [6, 6.07) is 3.03. The second kappa shape index (κ2) is 5.04. The number of aliphatic hydroxyl groups excluding tert-OH is 2. The van der Waals surface area contributed by atoms with Crippen LogP contribution in [-0.4, -0.2) is 40.0 Å². The lowest BCUT2D eigenvalue weighted by atomic mass is 9.95. The molecule has 0 spiro atoms. The topological polar surface area (TPSA) is 75.5 Å². The summed E-state index contributed by atoms with van der Waals surface area (Å²) < 4.78 is 5.27. The fourth-order valence-electron chi connectivity index (χ4n) is 0.835. The molecule has 1 radical (unpaired) electrons. The fourth-order valence-corrected chi connectivity index (χ4v) is 0.835. The van der Waals surface area contributed by atoms with Crippen molar-refractivity contribution >= 4 is 0 Å². The summed E-state index contributed by atoms with van der Waals surface area (Å²) >= 11 is 0. The van der Waals surface area contributed by atoms with E-state index >= 15 is 0 Å². The summed E-state index contributed by atoms with van der Waals surface area (Å²) in [6.45, 7) is 3.37. The van der Waals surface area contributed by atoms with Crippen LogP contribution in [0.15, 0.2) is 6.20 Å². The van der Waals surface area contributed by atoms with E-state index in [0.29, 0.717) is 5.69 Å². The van der Waals surface area contributed by atoms with Crippen LogP contribution < -0.4 is 4.74 Å². The predicted octanol–water partition coefficient (Wildman–Crippen LogP) is -0.0451. The van der Waals surface area contributed by atoms with Crippen LogP contribution in [0.4, 0.5) is 0 Å². The Morgan fingerprint density at radius 1 is 1.47 bits per heavy atom. The molecule has 0 aliphatic heterocycles. The molecular weight excluding hydrogens is 196 g/mol. The first-order valence-corrected chi connectivity index (χ1v) is 4.65. The zero-order valence-electron chi connectivity index (χ0n) is 8.90. The standard InChI is InChI=1S/C10H15N2O3/c1-8-3-4-11-9(12-8)15-7-10(2,5-13)6-14/h4,13-14H,5-7H2,1-2H3. The zero-order chi connectivity index (χ0) is 11.3. The van der Waals surface area contributed by atoms with Crippen LogP contribution in [0.2, 0.25) is 0 Å². The van der Waals surface area contributed by atoms with Crippen molar-refractivity contribution in [1.29, 1.82) is 0 Å². The van der Waals surface area contributed by atoms with Gasteiger partial charge in [-0.3, -0.25) is 0 Å². The van der Waals surface area contributed by atoms with Crippen LogP contribution in [0.5, 0.6) is 6.01 Å². The molecule has 0 aromatic carbocycles. The minimum atomic E-state index is -0.670. The largest absolute Gasteiger partial charge is 0.463 e. The SMILES string of the molecule is Cc1[c]cnc(OCC(C)(CO)CO)n1. The third-order valence-electron chi connectivity index (χ3n) is 2.02. The first kappa shape index (κ1) is 11.9. The minimum Gasteiger partial charge on any atom is -0.463 e. The Balaban J connectivity index is 2.56. The van der Waals surface area contributed by atoms with Gasteiger partial charge in [0, 0.05) is 17.7 Å². The molecule has 0 unspecified atom stereocenters. The van der Waals surface area contributed by atoms with Crippen LogP contribution in [0.25, 0.3) is 0 Å². The number of rotatable bonds is 5. The molecule has 5 heteroatoms. The lowest BCUT2D eigenvalue weighted by molar-refractivity contribution is 0.0257. The smallest absolute Gasteiger partial charge is 0.316 e. The van der Waals surface area contributed by atoms with Crippen molar-refractivity contribution < 1.29 is 14.9 Å². The van der Waals surface area contributed by atoms with Gasteiger partial charge in [0.2, 0.25) is 0 Å². The molecule has 1 aromatic heterocycles. The highest BCUT2D eigenvalue weighted by atomic mass is 16.5. The quantitative estimate of drug-likeness (QED) is 0.714. The molecule has 1 heterocycles. The van der Waals surface area contributed by atoms with E-state index in [4.69, 9.17) is 14.9 Å². The molecule has 5 nitrogen and oxygen atoms in total. The first-order valence-electron chi connectivity index (χ1n) is 4.65. The summed E-state index contributed by atoms with van der Waals surface area (Å²) in [4.78, 5) is 7.85. The van der Waals surface area contributed by atoms with Crippen molar-refractivity contribution in [3.8, 4) is 6.01 Å². The Morgan fingerprint density at radius 3 is 2.67 bits per heavy atom. The number of nitrogens with zero attached hydrogens (tertiary/aromatic N) is 2. The zero-order valence-corrected chi connectivity index (χ0v) is 8.90. The van der Waals surface area contributed by atoms with Gasteiger partial charge in [-0.05, 0) is 6.92 Å². The van der Waals surface area contributed by atoms with Gasteiger partial charge in [0.25, 0.3) is 0 Å². The van der Waals surface area contributed by atoms with Gasteiger partial charge in [0.1, 0.15) is 6.61 Å².